The Bertz CT molecular complexity index is 1550. The molecule has 6 unspecified atom stereocenters. The van der Waals surface area contributed by atoms with Crippen molar-refractivity contribution in [2.45, 2.75) is 91.9 Å². The first-order valence-electron chi connectivity index (χ1n) is 18.7. The Hall–Kier alpha value is -0.900. The molecule has 3 aliphatic heterocycles. The fourth-order valence-corrected chi connectivity index (χ4v) is 11.0. The number of aliphatic hydroxyl groups excluding tert-OH is 12. The van der Waals surface area contributed by atoms with Crippen molar-refractivity contribution in [2.24, 2.45) is 0 Å². The van der Waals surface area contributed by atoms with Gasteiger partial charge in [-0.1, -0.05) is 0 Å². The molecule has 61 heavy (non-hydrogen) atoms. The van der Waals surface area contributed by atoms with Gasteiger partial charge in [0, 0.05) is 30.3 Å². The molecular formula is C34H50I3N3O21. The van der Waals surface area contributed by atoms with E-state index >= 15 is 0 Å². The Balaban J connectivity index is 1.48. The van der Waals surface area contributed by atoms with Crippen LogP contribution in [0.2, 0.25) is 0 Å². The number of ether oxygens (including phenoxy) is 6. The largest absolute Gasteiger partial charge is 0.394 e. The number of nitrogens with one attached hydrogen (secondary N) is 3. The van der Waals surface area contributed by atoms with Gasteiger partial charge in [0.2, 0.25) is 0 Å². The minimum absolute atomic E-state index is 0.103. The molecule has 0 bridgehead atoms. The van der Waals surface area contributed by atoms with Crippen LogP contribution >= 0.6 is 67.8 Å². The van der Waals surface area contributed by atoms with Crippen LogP contribution in [0, 0.1) is 10.7 Å². The molecule has 3 amide bonds. The molecule has 15 atom stereocenters. The summed E-state index contributed by atoms with van der Waals surface area (Å²) in [4.78, 5) is 41.3. The summed E-state index contributed by atoms with van der Waals surface area (Å²) in [6.07, 6.45) is -22.6. The van der Waals surface area contributed by atoms with Gasteiger partial charge in [-0.3, -0.25) is 14.4 Å². The zero-order valence-electron chi connectivity index (χ0n) is 31.9. The van der Waals surface area contributed by atoms with Gasteiger partial charge < -0.3 is 106 Å². The highest BCUT2D eigenvalue weighted by molar-refractivity contribution is 14.1. The highest BCUT2D eigenvalue weighted by Gasteiger charge is 2.45. The second-order valence-electron chi connectivity index (χ2n) is 13.9. The normalized spacial score (nSPS) is 34.4. The quantitative estimate of drug-likeness (QED) is 0.0480. The first-order chi connectivity index (χ1) is 28.9. The minimum atomic E-state index is -1.71. The molecule has 0 radical (unpaired) electrons. The molecule has 3 heterocycles. The molecule has 1 aromatic rings. The zero-order chi connectivity index (χ0) is 45.3. The van der Waals surface area contributed by atoms with Crippen molar-refractivity contribution in [2.75, 3.05) is 65.9 Å². The molecule has 27 heteroatoms. The van der Waals surface area contributed by atoms with E-state index in [9.17, 15) is 75.7 Å². The molecule has 0 saturated carbocycles. The minimum Gasteiger partial charge on any atom is -0.394 e. The molecule has 24 nitrogen and oxygen atoms in total. The predicted octanol–water partition coefficient (Wildman–Crippen LogP) is -6.82. The van der Waals surface area contributed by atoms with Crippen LogP contribution in [0.1, 0.15) is 31.1 Å². The van der Waals surface area contributed by atoms with Gasteiger partial charge in [0.15, 0.2) is 12.6 Å². The maximum atomic E-state index is 13.8. The van der Waals surface area contributed by atoms with Crippen LogP contribution in [0.5, 0.6) is 0 Å². The van der Waals surface area contributed by atoms with E-state index in [0.29, 0.717) is 0 Å². The van der Waals surface area contributed by atoms with E-state index in [2.05, 4.69) is 16.0 Å². The third-order valence-corrected chi connectivity index (χ3v) is 13.1. The van der Waals surface area contributed by atoms with Crippen molar-refractivity contribution in [3.05, 3.63) is 27.4 Å². The van der Waals surface area contributed by atoms with E-state index in [1.165, 1.54) is 0 Å². The van der Waals surface area contributed by atoms with Crippen LogP contribution < -0.4 is 16.0 Å². The number of benzene rings is 1. The Labute approximate surface area is 388 Å². The van der Waals surface area contributed by atoms with E-state index in [0.717, 1.165) is 0 Å². The number of amides is 3. The molecule has 0 aromatic heterocycles. The molecule has 3 fully saturated rings. The molecule has 3 aliphatic rings. The Morgan fingerprint density at radius 1 is 0.492 bits per heavy atom. The highest BCUT2D eigenvalue weighted by Crippen LogP contribution is 2.33. The van der Waals surface area contributed by atoms with Crippen molar-refractivity contribution in [1.82, 2.24) is 16.0 Å². The summed E-state index contributed by atoms with van der Waals surface area (Å²) >= 11 is 5.29. The van der Waals surface area contributed by atoms with Gasteiger partial charge >= 0.3 is 0 Å². The van der Waals surface area contributed by atoms with E-state index in [1.54, 1.807) is 67.8 Å². The lowest BCUT2D eigenvalue weighted by Crippen LogP contribution is -2.59. The van der Waals surface area contributed by atoms with Crippen LogP contribution in [0.15, 0.2) is 0 Å². The SMILES string of the molecule is O=C(NCCO[C@@H]1OC(CO)[C@H](O)[C@H](O)C1O)c1c(I)c(C(=O)NCCO[C@@H]2OC(CO)[C@H](O)C(O)[C@@H]2O)c(I)c(C(=O)NCCO[C@@H]2COC(CO)[C@H](O)C(O)[C@@H]2O)c1I. The summed E-state index contributed by atoms with van der Waals surface area (Å²) in [5.74, 6) is -2.31. The summed E-state index contributed by atoms with van der Waals surface area (Å²) in [6, 6.07) is 0. The summed E-state index contributed by atoms with van der Waals surface area (Å²) in [7, 11) is 0. The first-order valence-corrected chi connectivity index (χ1v) is 21.9. The van der Waals surface area contributed by atoms with Crippen LogP contribution in [0.25, 0.3) is 0 Å². The summed E-state index contributed by atoms with van der Waals surface area (Å²) < 4.78 is 32.8. The van der Waals surface area contributed by atoms with Gasteiger partial charge in [0.05, 0.1) is 62.9 Å². The second-order valence-corrected chi connectivity index (χ2v) is 17.1. The van der Waals surface area contributed by atoms with E-state index < -0.39 is 129 Å². The van der Waals surface area contributed by atoms with Crippen LogP contribution in [-0.4, -0.2) is 237 Å². The third-order valence-electron chi connectivity index (χ3n) is 9.87. The summed E-state index contributed by atoms with van der Waals surface area (Å²) in [5, 5.41) is 128. The number of hydrogen-bond donors (Lipinski definition) is 15. The number of aliphatic hydroxyl groups is 12. The monoisotopic (exact) mass is 1220 g/mol. The molecule has 4 rings (SSSR count). The number of rotatable bonds is 18. The van der Waals surface area contributed by atoms with Crippen molar-refractivity contribution in [1.29, 1.82) is 0 Å². The van der Waals surface area contributed by atoms with Crippen LogP contribution in [0.3, 0.4) is 0 Å². The number of carbonyl (C=O) groups is 3. The van der Waals surface area contributed by atoms with Crippen molar-refractivity contribution < 1.29 is 104 Å². The summed E-state index contributed by atoms with van der Waals surface area (Å²) in [6.45, 7) is -3.83. The number of hydrogen-bond acceptors (Lipinski definition) is 21. The van der Waals surface area contributed by atoms with Gasteiger partial charge in [-0.05, 0) is 67.8 Å². The standard InChI is InChI=1S/C34H50I3N3O21/c35-18-15(30(53)38-1-4-56-14-10-59-11(7-41)21(44)25(48)24(14)47)19(36)17(32(55)40-3-6-58-34-29(52)27(50)23(46)13(9-43)61-34)20(37)16(18)31(54)39-2-5-57-33-28(51)26(49)22(45)12(8-42)60-33/h11-14,21-29,33-34,41-52H,1-10H2,(H,38,53)(H,39,54)(H,40,55)/t11?,12?,13?,14-,21+,22+,23+,24-,25?,26+,27?,28?,29+,33-,34-/m1/s1. The van der Waals surface area contributed by atoms with Gasteiger partial charge in [0.1, 0.15) is 79.4 Å². The lowest BCUT2D eigenvalue weighted by molar-refractivity contribution is -0.300. The smallest absolute Gasteiger partial charge is 0.253 e. The lowest BCUT2D eigenvalue weighted by atomic mass is 9.99. The second kappa shape index (κ2) is 24.6. The molecule has 348 valence electrons. The average molecular weight is 1220 g/mol. The lowest BCUT2D eigenvalue weighted by Gasteiger charge is -2.39. The number of halogens is 3. The molecule has 1 aromatic carbocycles. The van der Waals surface area contributed by atoms with Gasteiger partial charge in [-0.2, -0.15) is 0 Å². The van der Waals surface area contributed by atoms with Crippen molar-refractivity contribution in [3.63, 3.8) is 0 Å². The zero-order valence-corrected chi connectivity index (χ0v) is 38.4. The van der Waals surface area contributed by atoms with Gasteiger partial charge in [-0.15, -0.1) is 0 Å². The maximum Gasteiger partial charge on any atom is 0.253 e. The molecular weight excluding hydrogens is 1170 g/mol. The van der Waals surface area contributed by atoms with Gasteiger partial charge in [-0.25, -0.2) is 0 Å². The highest BCUT2D eigenvalue weighted by atomic mass is 127. The maximum absolute atomic E-state index is 13.8. The number of carbonyl (C=O) groups excluding carboxylic acids is 3. The summed E-state index contributed by atoms with van der Waals surface area (Å²) in [5.41, 5.74) is -0.319. The fourth-order valence-electron chi connectivity index (χ4n) is 6.36. The first kappa shape index (κ1) is 52.7. The van der Waals surface area contributed by atoms with E-state index in [1.807, 2.05) is 0 Å². The van der Waals surface area contributed by atoms with E-state index in [4.69, 9.17) is 28.4 Å². The Kier molecular flexibility index (Phi) is 21.2. The Morgan fingerprint density at radius 2 is 0.820 bits per heavy atom. The third kappa shape index (κ3) is 12.7. The van der Waals surface area contributed by atoms with Crippen molar-refractivity contribution >= 4 is 85.5 Å². The average Bonchev–Trinajstić information content (AvgIpc) is 3.33. The topological polar surface area (TPSA) is 385 Å². The fraction of sp³-hybridized carbons (Fsp3) is 0.735. The molecule has 0 spiro atoms. The molecule has 0 aliphatic carbocycles. The van der Waals surface area contributed by atoms with E-state index in [-0.39, 0.29) is 73.5 Å². The predicted molar refractivity (Wildman–Crippen MR) is 226 cm³/mol. The van der Waals surface area contributed by atoms with Crippen molar-refractivity contribution in [3.8, 4) is 0 Å². The molecule has 15 N–H and O–H groups in total. The van der Waals surface area contributed by atoms with Gasteiger partial charge in [0.25, 0.3) is 17.7 Å². The Morgan fingerprint density at radius 3 is 1.18 bits per heavy atom. The van der Waals surface area contributed by atoms with Crippen LogP contribution in [0.4, 0.5) is 0 Å². The van der Waals surface area contributed by atoms with Crippen LogP contribution in [-0.2, 0) is 28.4 Å². The molecule has 3 saturated heterocycles.